The van der Waals surface area contributed by atoms with Crippen LogP contribution in [0, 0.1) is 6.92 Å². The smallest absolute Gasteiger partial charge is 0.0898 e. The summed E-state index contributed by atoms with van der Waals surface area (Å²) < 4.78 is 0. The molecule has 2 rings (SSSR count). The maximum Gasteiger partial charge on any atom is 0.0898 e. The van der Waals surface area contributed by atoms with Crippen molar-refractivity contribution < 1.29 is 0 Å². The van der Waals surface area contributed by atoms with Crippen LogP contribution in [-0.2, 0) is 13.1 Å². The molecule has 2 aromatic rings. The van der Waals surface area contributed by atoms with Crippen LogP contribution in [0.5, 0.6) is 0 Å². The van der Waals surface area contributed by atoms with Crippen molar-refractivity contribution in [2.75, 3.05) is 18.5 Å². The molecule has 0 radical (unpaired) electrons. The molecule has 0 aliphatic heterocycles. The van der Waals surface area contributed by atoms with Crippen LogP contribution >= 0.6 is 22.9 Å². The van der Waals surface area contributed by atoms with E-state index in [-0.39, 0.29) is 0 Å². The molecule has 5 heteroatoms. The second-order valence-electron chi connectivity index (χ2n) is 4.74. The summed E-state index contributed by atoms with van der Waals surface area (Å²) in [5, 5.41) is 7.34. The normalized spacial score (nSPS) is 10.8. The number of hydrogen-bond acceptors (Lipinski definition) is 4. The summed E-state index contributed by atoms with van der Waals surface area (Å²) in [6.07, 6.45) is 0. The molecule has 0 amide bonds. The van der Waals surface area contributed by atoms with Gasteiger partial charge in [0.05, 0.1) is 28.0 Å². The van der Waals surface area contributed by atoms with Crippen LogP contribution in [0.3, 0.4) is 0 Å². The van der Waals surface area contributed by atoms with Gasteiger partial charge in [-0.05, 0) is 25.1 Å². The molecule has 0 fully saturated rings. The lowest BCUT2D eigenvalue weighted by atomic mass is 10.1. The van der Waals surface area contributed by atoms with E-state index in [9.17, 15) is 0 Å². The summed E-state index contributed by atoms with van der Waals surface area (Å²) in [7, 11) is 2.06. The minimum absolute atomic E-state index is 0.771. The Bertz CT molecular complexity index is 568. The van der Waals surface area contributed by atoms with Gasteiger partial charge in [-0.15, -0.1) is 11.3 Å². The van der Waals surface area contributed by atoms with Gasteiger partial charge in [-0.3, -0.25) is 0 Å². The average molecular weight is 310 g/mol. The minimum Gasteiger partial charge on any atom is -0.367 e. The second-order valence-corrected chi connectivity index (χ2v) is 6.21. The van der Waals surface area contributed by atoms with Gasteiger partial charge in [0.15, 0.2) is 0 Å². The minimum atomic E-state index is 0.771. The molecule has 1 aromatic carbocycles. The molecule has 1 aromatic heterocycles. The molecule has 20 heavy (non-hydrogen) atoms. The fourth-order valence-electron chi connectivity index (χ4n) is 2.19. The zero-order valence-corrected chi connectivity index (χ0v) is 13.7. The lowest BCUT2D eigenvalue weighted by molar-refractivity contribution is 0.722. The molecule has 108 valence electrons. The summed E-state index contributed by atoms with van der Waals surface area (Å²) in [5.41, 5.74) is 3.39. The van der Waals surface area contributed by atoms with Crippen molar-refractivity contribution >= 4 is 28.6 Å². The molecule has 0 aliphatic carbocycles. The molecular formula is C15H20ClN3S. The highest BCUT2D eigenvalue weighted by Gasteiger charge is 2.13. The van der Waals surface area contributed by atoms with Crippen LogP contribution in [0.1, 0.15) is 23.2 Å². The van der Waals surface area contributed by atoms with Crippen LogP contribution in [0.15, 0.2) is 23.6 Å². The number of halogens is 1. The van der Waals surface area contributed by atoms with E-state index in [0.29, 0.717) is 0 Å². The Morgan fingerprint density at radius 3 is 2.85 bits per heavy atom. The van der Waals surface area contributed by atoms with Crippen LogP contribution < -0.4 is 10.2 Å². The van der Waals surface area contributed by atoms with Gasteiger partial charge in [0, 0.05) is 19.0 Å². The number of aromatic nitrogens is 1. The quantitative estimate of drug-likeness (QED) is 0.878. The van der Waals surface area contributed by atoms with Crippen molar-refractivity contribution in [1.82, 2.24) is 10.3 Å². The van der Waals surface area contributed by atoms with E-state index >= 15 is 0 Å². The molecule has 0 aliphatic rings. The monoisotopic (exact) mass is 309 g/mol. The number of rotatable bonds is 6. The Hall–Kier alpha value is -1.10. The predicted molar refractivity (Wildman–Crippen MR) is 87.8 cm³/mol. The number of thiazole rings is 1. The van der Waals surface area contributed by atoms with Crippen LogP contribution in [0.2, 0.25) is 5.02 Å². The fraction of sp³-hybridized carbons (Fsp3) is 0.400. The van der Waals surface area contributed by atoms with E-state index in [2.05, 4.69) is 40.6 Å². The Morgan fingerprint density at radius 1 is 1.40 bits per heavy atom. The number of anilines is 1. The first-order chi connectivity index (χ1) is 9.61. The SMILES string of the molecule is CCNCc1cccc(Cl)c1N(C)Cc1csc(C)n1. The van der Waals surface area contributed by atoms with Gasteiger partial charge < -0.3 is 10.2 Å². The van der Waals surface area contributed by atoms with Gasteiger partial charge in [-0.25, -0.2) is 4.98 Å². The number of aryl methyl sites for hydroxylation is 1. The summed E-state index contributed by atoms with van der Waals surface area (Å²) in [4.78, 5) is 6.69. The van der Waals surface area contributed by atoms with Gasteiger partial charge in [0.25, 0.3) is 0 Å². The number of nitrogens with one attached hydrogen (secondary N) is 1. The van der Waals surface area contributed by atoms with Crippen LogP contribution in [0.25, 0.3) is 0 Å². The topological polar surface area (TPSA) is 28.2 Å². The standard InChI is InChI=1S/C15H20ClN3S/c1-4-17-8-12-6-5-7-14(16)15(12)19(3)9-13-10-20-11(2)18-13/h5-7,10,17H,4,8-9H2,1-3H3. The van der Waals surface area contributed by atoms with Gasteiger partial charge in [-0.1, -0.05) is 30.7 Å². The van der Waals surface area contributed by atoms with E-state index < -0.39 is 0 Å². The molecular weight excluding hydrogens is 290 g/mol. The zero-order chi connectivity index (χ0) is 14.5. The molecule has 1 heterocycles. The van der Waals surface area contributed by atoms with E-state index in [1.165, 1.54) is 5.56 Å². The molecule has 0 bridgehead atoms. The molecule has 0 saturated heterocycles. The van der Waals surface area contributed by atoms with Crippen molar-refractivity contribution in [1.29, 1.82) is 0 Å². The number of benzene rings is 1. The van der Waals surface area contributed by atoms with E-state index in [1.807, 2.05) is 19.1 Å². The Morgan fingerprint density at radius 2 is 2.20 bits per heavy atom. The fourth-order valence-corrected chi connectivity index (χ4v) is 3.13. The van der Waals surface area contributed by atoms with E-state index in [0.717, 1.165) is 41.0 Å². The second kappa shape index (κ2) is 7.07. The van der Waals surface area contributed by atoms with Crippen molar-refractivity contribution in [3.8, 4) is 0 Å². The third-order valence-corrected chi connectivity index (χ3v) is 4.21. The summed E-state index contributed by atoms with van der Waals surface area (Å²) >= 11 is 8.07. The van der Waals surface area contributed by atoms with Crippen molar-refractivity contribution in [3.05, 3.63) is 44.9 Å². The molecule has 0 saturated carbocycles. The summed E-state index contributed by atoms with van der Waals surface area (Å²) in [5.74, 6) is 0. The van der Waals surface area contributed by atoms with Gasteiger partial charge >= 0.3 is 0 Å². The Labute approximate surface area is 129 Å². The highest BCUT2D eigenvalue weighted by Crippen LogP contribution is 2.30. The molecule has 0 spiro atoms. The number of para-hydroxylation sites is 1. The molecule has 0 unspecified atom stereocenters. The molecule has 1 N–H and O–H groups in total. The summed E-state index contributed by atoms with van der Waals surface area (Å²) in [6.45, 7) is 6.67. The van der Waals surface area contributed by atoms with Crippen molar-refractivity contribution in [2.24, 2.45) is 0 Å². The van der Waals surface area contributed by atoms with Crippen LogP contribution in [-0.4, -0.2) is 18.6 Å². The Kier molecular flexibility index (Phi) is 5.40. The maximum atomic E-state index is 6.39. The van der Waals surface area contributed by atoms with E-state index in [4.69, 9.17) is 11.6 Å². The van der Waals surface area contributed by atoms with Crippen molar-refractivity contribution in [2.45, 2.75) is 26.9 Å². The maximum absolute atomic E-state index is 6.39. The van der Waals surface area contributed by atoms with Crippen LogP contribution in [0.4, 0.5) is 5.69 Å². The molecule has 3 nitrogen and oxygen atoms in total. The van der Waals surface area contributed by atoms with Gasteiger partial charge in [0.2, 0.25) is 0 Å². The predicted octanol–water partition coefficient (Wildman–Crippen LogP) is 3.85. The number of nitrogens with zero attached hydrogens (tertiary/aromatic N) is 2. The first kappa shape index (κ1) is 15.3. The largest absolute Gasteiger partial charge is 0.367 e. The number of hydrogen-bond donors (Lipinski definition) is 1. The van der Waals surface area contributed by atoms with Crippen molar-refractivity contribution in [3.63, 3.8) is 0 Å². The first-order valence-corrected chi connectivity index (χ1v) is 7.97. The molecule has 0 atom stereocenters. The highest BCUT2D eigenvalue weighted by atomic mass is 35.5. The van der Waals surface area contributed by atoms with Gasteiger partial charge in [0.1, 0.15) is 0 Å². The lowest BCUT2D eigenvalue weighted by Gasteiger charge is -2.23. The Balaban J connectivity index is 2.21. The average Bonchev–Trinajstić information content (AvgIpc) is 2.81. The first-order valence-electron chi connectivity index (χ1n) is 6.72. The third-order valence-electron chi connectivity index (χ3n) is 3.08. The lowest BCUT2D eigenvalue weighted by Crippen LogP contribution is -2.21. The van der Waals surface area contributed by atoms with E-state index in [1.54, 1.807) is 11.3 Å². The highest BCUT2D eigenvalue weighted by molar-refractivity contribution is 7.09. The zero-order valence-electron chi connectivity index (χ0n) is 12.1. The van der Waals surface area contributed by atoms with Gasteiger partial charge in [-0.2, -0.15) is 0 Å². The summed E-state index contributed by atoms with van der Waals surface area (Å²) in [6, 6.07) is 6.06. The third kappa shape index (κ3) is 3.72.